The maximum atomic E-state index is 12.0. The van der Waals surface area contributed by atoms with Crippen molar-refractivity contribution in [3.63, 3.8) is 0 Å². The Morgan fingerprint density at radius 3 is 2.61 bits per heavy atom. The summed E-state index contributed by atoms with van der Waals surface area (Å²) in [5.74, 6) is 0. The molecule has 1 rings (SSSR count). The number of carbonyl (C=O) groups is 1. The number of hydrogen-bond donors (Lipinski definition) is 2. The van der Waals surface area contributed by atoms with Crippen LogP contribution in [0.2, 0.25) is 0 Å². The summed E-state index contributed by atoms with van der Waals surface area (Å²) in [4.78, 5) is 10.7. The lowest BCUT2D eigenvalue weighted by atomic mass is 10.2. The van der Waals surface area contributed by atoms with Gasteiger partial charge in [0.15, 0.2) is 6.29 Å². The van der Waals surface area contributed by atoms with Crippen molar-refractivity contribution in [2.24, 2.45) is 0 Å². The summed E-state index contributed by atoms with van der Waals surface area (Å²) in [6.07, 6.45) is -2.55. The number of carbonyl (C=O) groups excluding carboxylic acids is 1. The van der Waals surface area contributed by atoms with Crippen molar-refractivity contribution in [2.45, 2.75) is 6.18 Å². The van der Waals surface area contributed by atoms with Gasteiger partial charge in [-0.25, -0.2) is 0 Å². The van der Waals surface area contributed by atoms with E-state index in [1.54, 1.807) is 6.07 Å². The molecule has 96 valence electrons. The number of allylic oxidation sites excluding steroid dienone is 1. The van der Waals surface area contributed by atoms with Gasteiger partial charge in [-0.3, -0.25) is 10.2 Å². The molecule has 0 aliphatic carbocycles. The van der Waals surface area contributed by atoms with Crippen LogP contribution >= 0.6 is 15.9 Å². The fourth-order valence-electron chi connectivity index (χ4n) is 1.07. The monoisotopic (exact) mass is 320 g/mol. The Kier molecular flexibility index (Phi) is 4.66. The van der Waals surface area contributed by atoms with Crippen LogP contribution < -0.4 is 5.32 Å². The van der Waals surface area contributed by atoms with Crippen LogP contribution in [-0.4, -0.2) is 18.2 Å². The first-order valence-corrected chi connectivity index (χ1v) is 5.47. The zero-order chi connectivity index (χ0) is 13.8. The molecule has 7 heteroatoms. The Morgan fingerprint density at radius 2 is 2.06 bits per heavy atom. The van der Waals surface area contributed by atoms with E-state index in [1.165, 1.54) is 12.1 Å². The standard InChI is InChI=1S/C11H8BrF3N2O/c12-8-1-2-9(7(5-8)6-18)17-4-3-10(16)11(13,14)15/h1-6,16-17H/b4-3-,16-10?. The average molecular weight is 321 g/mol. The van der Waals surface area contributed by atoms with Gasteiger partial charge in [-0.2, -0.15) is 13.2 Å². The molecule has 0 bridgehead atoms. The van der Waals surface area contributed by atoms with Gasteiger partial charge in [0.05, 0.1) is 0 Å². The molecule has 0 heterocycles. The van der Waals surface area contributed by atoms with Gasteiger partial charge in [-0.1, -0.05) is 15.9 Å². The van der Waals surface area contributed by atoms with Crippen LogP contribution in [0, 0.1) is 5.41 Å². The molecule has 3 nitrogen and oxygen atoms in total. The van der Waals surface area contributed by atoms with Gasteiger partial charge in [0.1, 0.15) is 5.71 Å². The summed E-state index contributed by atoms with van der Waals surface area (Å²) >= 11 is 3.17. The minimum absolute atomic E-state index is 0.299. The number of rotatable bonds is 4. The van der Waals surface area contributed by atoms with Gasteiger partial charge in [0.2, 0.25) is 0 Å². The summed E-state index contributed by atoms with van der Waals surface area (Å²) in [5.41, 5.74) is -0.813. The molecule has 0 aliphatic rings. The van der Waals surface area contributed by atoms with Crippen molar-refractivity contribution in [3.05, 3.63) is 40.5 Å². The van der Waals surface area contributed by atoms with Crippen molar-refractivity contribution >= 4 is 33.6 Å². The highest BCUT2D eigenvalue weighted by atomic mass is 79.9. The summed E-state index contributed by atoms with van der Waals surface area (Å²) in [6, 6.07) is 4.70. The second kappa shape index (κ2) is 5.81. The molecule has 0 spiro atoms. The lowest BCUT2D eigenvalue weighted by Gasteiger charge is -2.06. The van der Waals surface area contributed by atoms with E-state index in [9.17, 15) is 18.0 Å². The van der Waals surface area contributed by atoms with E-state index in [0.717, 1.165) is 6.20 Å². The highest BCUT2D eigenvalue weighted by Crippen LogP contribution is 2.20. The first kappa shape index (κ1) is 14.4. The van der Waals surface area contributed by atoms with Crippen molar-refractivity contribution in [1.29, 1.82) is 5.41 Å². The van der Waals surface area contributed by atoms with E-state index in [2.05, 4.69) is 21.2 Å². The number of alkyl halides is 3. The molecule has 0 aromatic heterocycles. The highest BCUT2D eigenvalue weighted by Gasteiger charge is 2.32. The molecule has 0 radical (unpaired) electrons. The molecule has 1 aromatic carbocycles. The molecule has 0 atom stereocenters. The second-order valence-electron chi connectivity index (χ2n) is 3.24. The molecular weight excluding hydrogens is 313 g/mol. The van der Waals surface area contributed by atoms with Crippen LogP contribution in [0.5, 0.6) is 0 Å². The Hall–Kier alpha value is -1.63. The number of halogens is 4. The molecule has 1 aromatic rings. The largest absolute Gasteiger partial charge is 0.432 e. The third-order valence-corrected chi connectivity index (χ3v) is 2.43. The normalized spacial score (nSPS) is 11.6. The second-order valence-corrected chi connectivity index (χ2v) is 4.15. The summed E-state index contributed by atoms with van der Waals surface area (Å²) < 4.78 is 36.7. The molecule has 0 saturated carbocycles. The Morgan fingerprint density at radius 1 is 1.39 bits per heavy atom. The molecule has 0 fully saturated rings. The first-order valence-electron chi connectivity index (χ1n) is 4.68. The zero-order valence-corrected chi connectivity index (χ0v) is 10.5. The predicted octanol–water partition coefficient (Wildman–Crippen LogP) is 3.77. The third-order valence-electron chi connectivity index (χ3n) is 1.93. The van der Waals surface area contributed by atoms with Gasteiger partial charge >= 0.3 is 6.18 Å². The quantitative estimate of drug-likeness (QED) is 0.655. The minimum Gasteiger partial charge on any atom is -0.361 e. The van der Waals surface area contributed by atoms with Gasteiger partial charge in [0, 0.05) is 21.9 Å². The lowest BCUT2D eigenvalue weighted by Crippen LogP contribution is -2.19. The fourth-order valence-corrected chi connectivity index (χ4v) is 1.45. The highest BCUT2D eigenvalue weighted by molar-refractivity contribution is 9.10. The number of anilines is 1. The van der Waals surface area contributed by atoms with Crippen LogP contribution in [0.3, 0.4) is 0 Å². The van der Waals surface area contributed by atoms with E-state index in [4.69, 9.17) is 5.41 Å². The number of aldehydes is 1. The van der Waals surface area contributed by atoms with Crippen LogP contribution in [0.25, 0.3) is 0 Å². The first-order chi connectivity index (χ1) is 8.34. The molecule has 18 heavy (non-hydrogen) atoms. The van der Waals surface area contributed by atoms with Crippen molar-refractivity contribution in [3.8, 4) is 0 Å². The van der Waals surface area contributed by atoms with Gasteiger partial charge in [-0.15, -0.1) is 0 Å². The number of benzene rings is 1. The van der Waals surface area contributed by atoms with E-state index in [1.807, 2.05) is 0 Å². The smallest absolute Gasteiger partial charge is 0.361 e. The Labute approximate surface area is 109 Å². The SMILES string of the molecule is N=C(/C=C\Nc1ccc(Br)cc1C=O)C(F)(F)F. The van der Waals surface area contributed by atoms with Crippen LogP contribution in [-0.2, 0) is 0 Å². The Balaban J connectivity index is 2.78. The van der Waals surface area contributed by atoms with Gasteiger partial charge in [-0.05, 0) is 24.3 Å². The fraction of sp³-hybridized carbons (Fsp3) is 0.0909. The lowest BCUT2D eigenvalue weighted by molar-refractivity contribution is -0.0584. The molecule has 2 N–H and O–H groups in total. The summed E-state index contributed by atoms with van der Waals surface area (Å²) in [6.45, 7) is 0. The van der Waals surface area contributed by atoms with Crippen molar-refractivity contribution in [2.75, 3.05) is 5.32 Å². The van der Waals surface area contributed by atoms with E-state index in [-0.39, 0.29) is 0 Å². The number of nitrogens with one attached hydrogen (secondary N) is 2. The summed E-state index contributed by atoms with van der Waals surface area (Å²) in [7, 11) is 0. The average Bonchev–Trinajstić information content (AvgIpc) is 2.29. The summed E-state index contributed by atoms with van der Waals surface area (Å²) in [5, 5.41) is 9.23. The number of hydrogen-bond acceptors (Lipinski definition) is 3. The molecular formula is C11H8BrF3N2O. The van der Waals surface area contributed by atoms with Crippen molar-refractivity contribution < 1.29 is 18.0 Å². The Bertz CT molecular complexity index is 498. The van der Waals surface area contributed by atoms with Gasteiger partial charge in [0.25, 0.3) is 0 Å². The van der Waals surface area contributed by atoms with E-state index >= 15 is 0 Å². The topological polar surface area (TPSA) is 53.0 Å². The zero-order valence-electron chi connectivity index (χ0n) is 8.88. The maximum Gasteiger partial charge on any atom is 0.432 e. The molecule has 0 aliphatic heterocycles. The van der Waals surface area contributed by atoms with Crippen LogP contribution in [0.1, 0.15) is 10.4 Å². The van der Waals surface area contributed by atoms with Crippen LogP contribution in [0.15, 0.2) is 34.9 Å². The molecule has 0 amide bonds. The van der Waals surface area contributed by atoms with E-state index < -0.39 is 11.9 Å². The minimum atomic E-state index is -4.68. The van der Waals surface area contributed by atoms with Crippen LogP contribution in [0.4, 0.5) is 18.9 Å². The van der Waals surface area contributed by atoms with Crippen molar-refractivity contribution in [1.82, 2.24) is 0 Å². The van der Waals surface area contributed by atoms with Gasteiger partial charge < -0.3 is 5.32 Å². The van der Waals surface area contributed by atoms with E-state index in [0.29, 0.717) is 28.1 Å². The predicted molar refractivity (Wildman–Crippen MR) is 66.1 cm³/mol. The molecule has 0 unspecified atom stereocenters. The third kappa shape index (κ3) is 3.99. The molecule has 0 saturated heterocycles. The maximum absolute atomic E-state index is 12.0.